The summed E-state index contributed by atoms with van der Waals surface area (Å²) in [7, 11) is 0. The lowest BCUT2D eigenvalue weighted by atomic mass is 9.89. The van der Waals surface area contributed by atoms with Gasteiger partial charge in [-0.05, 0) is 47.1 Å². The molecule has 0 aliphatic heterocycles. The van der Waals surface area contributed by atoms with E-state index < -0.39 is 5.60 Å². The molecule has 0 aliphatic rings. The molecule has 0 atom stereocenters. The molecule has 0 fully saturated rings. The number of hydrogen-bond acceptors (Lipinski definition) is 2. The zero-order valence-corrected chi connectivity index (χ0v) is 9.78. The Morgan fingerprint density at radius 3 is 2.08 bits per heavy atom. The predicted octanol–water partition coefficient (Wildman–Crippen LogP) is 2.32. The van der Waals surface area contributed by atoms with Crippen molar-refractivity contribution < 1.29 is 5.11 Å². The molecule has 0 radical (unpaired) electrons. The van der Waals surface area contributed by atoms with Gasteiger partial charge in [-0.3, -0.25) is 0 Å². The van der Waals surface area contributed by atoms with E-state index >= 15 is 0 Å². The standard InChI is InChI=1S/C11H25NO/c1-6-7-8-12-10(2,3)9-11(4,5)13/h12-13H,6-9H2,1-5H3. The first kappa shape index (κ1) is 12.9. The van der Waals surface area contributed by atoms with Crippen LogP contribution in [0.4, 0.5) is 0 Å². The van der Waals surface area contributed by atoms with E-state index in [1.807, 2.05) is 13.8 Å². The first-order valence-electron chi connectivity index (χ1n) is 5.24. The van der Waals surface area contributed by atoms with Gasteiger partial charge in [0.25, 0.3) is 0 Å². The van der Waals surface area contributed by atoms with Crippen LogP contribution in [0.25, 0.3) is 0 Å². The van der Waals surface area contributed by atoms with Crippen molar-refractivity contribution in [2.75, 3.05) is 6.54 Å². The van der Waals surface area contributed by atoms with Gasteiger partial charge < -0.3 is 10.4 Å². The van der Waals surface area contributed by atoms with Gasteiger partial charge in [-0.25, -0.2) is 0 Å². The molecule has 0 unspecified atom stereocenters. The smallest absolute Gasteiger partial charge is 0.0609 e. The number of aliphatic hydroxyl groups is 1. The highest BCUT2D eigenvalue weighted by molar-refractivity contribution is 4.84. The predicted molar refractivity (Wildman–Crippen MR) is 57.9 cm³/mol. The summed E-state index contributed by atoms with van der Waals surface area (Å²) in [5, 5.41) is 13.1. The van der Waals surface area contributed by atoms with Crippen LogP contribution in [-0.2, 0) is 0 Å². The van der Waals surface area contributed by atoms with Crippen LogP contribution in [0.2, 0.25) is 0 Å². The van der Waals surface area contributed by atoms with Crippen molar-refractivity contribution in [1.82, 2.24) is 5.32 Å². The first-order valence-corrected chi connectivity index (χ1v) is 5.24. The van der Waals surface area contributed by atoms with Gasteiger partial charge in [-0.1, -0.05) is 13.3 Å². The molecular weight excluding hydrogens is 162 g/mol. The fourth-order valence-electron chi connectivity index (χ4n) is 1.75. The number of hydrogen-bond donors (Lipinski definition) is 2. The van der Waals surface area contributed by atoms with Crippen LogP contribution in [-0.4, -0.2) is 22.8 Å². The Labute approximate surface area is 82.7 Å². The van der Waals surface area contributed by atoms with Crippen molar-refractivity contribution in [1.29, 1.82) is 0 Å². The van der Waals surface area contributed by atoms with Gasteiger partial charge in [0, 0.05) is 5.54 Å². The van der Waals surface area contributed by atoms with E-state index in [9.17, 15) is 5.11 Å². The van der Waals surface area contributed by atoms with Gasteiger partial charge in [0.1, 0.15) is 0 Å². The van der Waals surface area contributed by atoms with Gasteiger partial charge in [0.2, 0.25) is 0 Å². The van der Waals surface area contributed by atoms with Crippen molar-refractivity contribution in [3.8, 4) is 0 Å². The molecule has 0 aromatic carbocycles. The molecule has 2 N–H and O–H groups in total. The molecule has 2 heteroatoms. The van der Waals surface area contributed by atoms with Gasteiger partial charge in [0.15, 0.2) is 0 Å². The van der Waals surface area contributed by atoms with Crippen molar-refractivity contribution in [3.05, 3.63) is 0 Å². The van der Waals surface area contributed by atoms with Crippen LogP contribution in [0, 0.1) is 0 Å². The minimum atomic E-state index is -0.581. The molecule has 13 heavy (non-hydrogen) atoms. The van der Waals surface area contributed by atoms with Crippen LogP contribution in [0.1, 0.15) is 53.9 Å². The number of nitrogens with one attached hydrogen (secondary N) is 1. The van der Waals surface area contributed by atoms with E-state index in [4.69, 9.17) is 0 Å². The van der Waals surface area contributed by atoms with Crippen molar-refractivity contribution in [3.63, 3.8) is 0 Å². The summed E-state index contributed by atoms with van der Waals surface area (Å²) in [4.78, 5) is 0. The Kier molecular flexibility index (Phi) is 4.93. The molecule has 0 heterocycles. The second-order valence-corrected chi connectivity index (χ2v) is 5.15. The number of unbranched alkanes of at least 4 members (excludes halogenated alkanes) is 1. The van der Waals surface area contributed by atoms with E-state index in [0.29, 0.717) is 0 Å². The summed E-state index contributed by atoms with van der Waals surface area (Å²) in [6.07, 6.45) is 3.20. The van der Waals surface area contributed by atoms with Crippen molar-refractivity contribution in [2.24, 2.45) is 0 Å². The minimum Gasteiger partial charge on any atom is -0.390 e. The van der Waals surface area contributed by atoms with Crippen LogP contribution < -0.4 is 5.32 Å². The zero-order valence-electron chi connectivity index (χ0n) is 9.78. The third-order valence-electron chi connectivity index (χ3n) is 2.01. The fraction of sp³-hybridized carbons (Fsp3) is 1.00. The Morgan fingerprint density at radius 2 is 1.69 bits per heavy atom. The maximum atomic E-state index is 9.67. The van der Waals surface area contributed by atoms with Gasteiger partial charge in [0.05, 0.1) is 5.60 Å². The second-order valence-electron chi connectivity index (χ2n) is 5.15. The average molecular weight is 187 g/mol. The average Bonchev–Trinajstić information content (AvgIpc) is 1.81. The lowest BCUT2D eigenvalue weighted by Gasteiger charge is -2.32. The molecule has 0 amide bonds. The monoisotopic (exact) mass is 187 g/mol. The summed E-state index contributed by atoms with van der Waals surface area (Å²) >= 11 is 0. The molecule has 0 saturated heterocycles. The quantitative estimate of drug-likeness (QED) is 0.625. The maximum absolute atomic E-state index is 9.67. The Bertz CT molecular complexity index is 136. The highest BCUT2D eigenvalue weighted by Gasteiger charge is 2.25. The molecule has 2 nitrogen and oxygen atoms in total. The van der Waals surface area contributed by atoms with Gasteiger partial charge >= 0.3 is 0 Å². The van der Waals surface area contributed by atoms with Crippen LogP contribution in [0.5, 0.6) is 0 Å². The SMILES string of the molecule is CCCCNC(C)(C)CC(C)(C)O. The summed E-state index contributed by atoms with van der Waals surface area (Å²) in [5.74, 6) is 0. The van der Waals surface area contributed by atoms with E-state index in [1.165, 1.54) is 12.8 Å². The fourth-order valence-corrected chi connectivity index (χ4v) is 1.75. The summed E-state index contributed by atoms with van der Waals surface area (Å²) in [6, 6.07) is 0. The highest BCUT2D eigenvalue weighted by Crippen LogP contribution is 2.19. The molecule has 0 spiro atoms. The van der Waals surface area contributed by atoms with E-state index in [1.54, 1.807) is 0 Å². The Balaban J connectivity index is 3.80. The molecule has 0 bridgehead atoms. The zero-order chi connectivity index (χ0) is 10.5. The van der Waals surface area contributed by atoms with Crippen molar-refractivity contribution >= 4 is 0 Å². The third-order valence-corrected chi connectivity index (χ3v) is 2.01. The van der Waals surface area contributed by atoms with Gasteiger partial charge in [-0.15, -0.1) is 0 Å². The summed E-state index contributed by atoms with van der Waals surface area (Å²) in [6.45, 7) is 11.2. The molecule has 80 valence electrons. The van der Waals surface area contributed by atoms with Crippen molar-refractivity contribution in [2.45, 2.75) is 65.0 Å². The van der Waals surface area contributed by atoms with Gasteiger partial charge in [-0.2, -0.15) is 0 Å². The maximum Gasteiger partial charge on any atom is 0.0609 e. The third kappa shape index (κ3) is 8.26. The van der Waals surface area contributed by atoms with E-state index in [-0.39, 0.29) is 5.54 Å². The summed E-state index contributed by atoms with van der Waals surface area (Å²) in [5.41, 5.74) is -0.546. The molecule has 0 rings (SSSR count). The first-order chi connectivity index (χ1) is 5.77. The Hall–Kier alpha value is -0.0800. The number of rotatable bonds is 6. The highest BCUT2D eigenvalue weighted by atomic mass is 16.3. The summed E-state index contributed by atoms with van der Waals surface area (Å²) < 4.78 is 0. The molecule has 0 aliphatic carbocycles. The van der Waals surface area contributed by atoms with Crippen LogP contribution in [0.15, 0.2) is 0 Å². The minimum absolute atomic E-state index is 0.0351. The lowest BCUT2D eigenvalue weighted by molar-refractivity contribution is 0.0442. The van der Waals surface area contributed by atoms with E-state index in [2.05, 4.69) is 26.1 Å². The lowest BCUT2D eigenvalue weighted by Crippen LogP contribution is -2.45. The van der Waals surface area contributed by atoms with Crippen LogP contribution >= 0.6 is 0 Å². The van der Waals surface area contributed by atoms with Crippen LogP contribution in [0.3, 0.4) is 0 Å². The Morgan fingerprint density at radius 1 is 1.15 bits per heavy atom. The molecule has 0 aromatic rings. The topological polar surface area (TPSA) is 32.3 Å². The van der Waals surface area contributed by atoms with E-state index in [0.717, 1.165) is 13.0 Å². The molecule has 0 saturated carbocycles. The molecule has 0 aromatic heterocycles. The largest absolute Gasteiger partial charge is 0.390 e. The molecular formula is C11H25NO. The normalized spacial score (nSPS) is 13.4. The second kappa shape index (κ2) is 4.97.